The molecule has 3 heteroatoms. The average Bonchev–Trinajstić information content (AvgIpc) is 2.66. The van der Waals surface area contributed by atoms with Crippen LogP contribution in [0.25, 0.3) is 0 Å². The highest BCUT2D eigenvalue weighted by Crippen LogP contribution is 2.21. The van der Waals surface area contributed by atoms with Crippen molar-refractivity contribution in [3.8, 4) is 0 Å². The van der Waals surface area contributed by atoms with Gasteiger partial charge in [0.1, 0.15) is 0 Å². The molecule has 0 unspecified atom stereocenters. The molecule has 3 nitrogen and oxygen atoms in total. The zero-order valence-electron chi connectivity index (χ0n) is 11.1. The van der Waals surface area contributed by atoms with Crippen LogP contribution in [0, 0.1) is 0 Å². The minimum absolute atomic E-state index is 0.337. The summed E-state index contributed by atoms with van der Waals surface area (Å²) < 4.78 is 11.2. The summed E-state index contributed by atoms with van der Waals surface area (Å²) in [5, 5.41) is 3.61. The van der Waals surface area contributed by atoms with Crippen LogP contribution in [0.2, 0.25) is 0 Å². The van der Waals surface area contributed by atoms with E-state index in [0.29, 0.717) is 6.04 Å². The normalized spacial score (nSPS) is 19.5. The third kappa shape index (κ3) is 4.81. The summed E-state index contributed by atoms with van der Waals surface area (Å²) >= 11 is 0. The van der Waals surface area contributed by atoms with Crippen LogP contribution in [-0.4, -0.2) is 31.6 Å². The molecule has 96 valence electrons. The van der Waals surface area contributed by atoms with Crippen molar-refractivity contribution in [1.29, 1.82) is 0 Å². The second-order valence-corrected chi connectivity index (χ2v) is 4.81. The van der Waals surface area contributed by atoms with Gasteiger partial charge in [0.25, 0.3) is 0 Å². The molecule has 0 spiro atoms. The first-order valence-electron chi connectivity index (χ1n) is 6.71. The van der Waals surface area contributed by atoms with Gasteiger partial charge >= 0.3 is 0 Å². The smallest absolute Gasteiger partial charge is 0.166 e. The molecular weight excluding hydrogens is 202 g/mol. The Hall–Kier alpha value is -0.120. The highest BCUT2D eigenvalue weighted by Gasteiger charge is 2.30. The number of nitrogens with one attached hydrogen (secondary N) is 1. The van der Waals surface area contributed by atoms with Crippen molar-refractivity contribution in [2.24, 2.45) is 0 Å². The molecule has 1 aliphatic heterocycles. The molecule has 0 saturated carbocycles. The summed E-state index contributed by atoms with van der Waals surface area (Å²) in [6.07, 6.45) is 5.99. The maximum absolute atomic E-state index is 5.58. The summed E-state index contributed by atoms with van der Waals surface area (Å²) in [6, 6.07) is 0.667. The predicted octanol–water partition coefficient (Wildman–Crippen LogP) is 2.70. The maximum atomic E-state index is 5.58. The van der Waals surface area contributed by atoms with Gasteiger partial charge < -0.3 is 14.8 Å². The van der Waals surface area contributed by atoms with Crippen molar-refractivity contribution in [1.82, 2.24) is 5.32 Å². The van der Waals surface area contributed by atoms with Gasteiger partial charge in [-0.25, -0.2) is 0 Å². The molecule has 0 aromatic carbocycles. The fourth-order valence-corrected chi connectivity index (χ4v) is 2.25. The molecule has 0 bridgehead atoms. The monoisotopic (exact) mass is 229 g/mol. The van der Waals surface area contributed by atoms with Crippen LogP contribution in [0.15, 0.2) is 0 Å². The van der Waals surface area contributed by atoms with Gasteiger partial charge in [0, 0.05) is 19.0 Å². The predicted molar refractivity (Wildman–Crippen MR) is 66.5 cm³/mol. The molecule has 1 saturated heterocycles. The van der Waals surface area contributed by atoms with E-state index in [4.69, 9.17) is 9.47 Å². The molecular formula is C13H27NO2. The van der Waals surface area contributed by atoms with Crippen LogP contribution < -0.4 is 5.32 Å². The van der Waals surface area contributed by atoms with Crippen molar-refractivity contribution in [2.45, 2.75) is 64.7 Å². The lowest BCUT2D eigenvalue weighted by Crippen LogP contribution is -2.35. The van der Waals surface area contributed by atoms with E-state index in [1.807, 2.05) is 6.92 Å². The lowest BCUT2D eigenvalue weighted by atomic mass is 10.1. The molecule has 1 fully saturated rings. The van der Waals surface area contributed by atoms with Gasteiger partial charge in [-0.1, -0.05) is 26.7 Å². The Morgan fingerprint density at radius 1 is 1.12 bits per heavy atom. The van der Waals surface area contributed by atoms with Crippen molar-refractivity contribution in [3.63, 3.8) is 0 Å². The Kier molecular flexibility index (Phi) is 6.32. The van der Waals surface area contributed by atoms with Crippen LogP contribution >= 0.6 is 0 Å². The second kappa shape index (κ2) is 7.25. The Morgan fingerprint density at radius 3 is 2.19 bits per heavy atom. The first kappa shape index (κ1) is 13.9. The molecule has 1 rings (SSSR count). The molecule has 0 radical (unpaired) electrons. The minimum atomic E-state index is -0.337. The molecule has 0 amide bonds. The van der Waals surface area contributed by atoms with Crippen molar-refractivity contribution < 1.29 is 9.47 Å². The number of rotatable bonds is 8. The lowest BCUT2D eigenvalue weighted by molar-refractivity contribution is -0.145. The standard InChI is InChI=1S/C13H27NO2/c1-4-6-12(7-5-2)14-9-8-13(3)15-10-11-16-13/h12,14H,4-11H2,1-3H3. The van der Waals surface area contributed by atoms with E-state index in [1.165, 1.54) is 25.7 Å². The zero-order valence-corrected chi connectivity index (χ0v) is 11.1. The van der Waals surface area contributed by atoms with Gasteiger partial charge in [-0.15, -0.1) is 0 Å². The molecule has 0 aliphatic carbocycles. The largest absolute Gasteiger partial charge is 0.348 e. The molecule has 1 aliphatic rings. The molecule has 1 N–H and O–H groups in total. The Balaban J connectivity index is 2.16. The SMILES string of the molecule is CCCC(CCC)NCCC1(C)OCCO1. The van der Waals surface area contributed by atoms with E-state index in [9.17, 15) is 0 Å². The van der Waals surface area contributed by atoms with Gasteiger partial charge in [-0.2, -0.15) is 0 Å². The van der Waals surface area contributed by atoms with E-state index in [2.05, 4.69) is 19.2 Å². The van der Waals surface area contributed by atoms with Crippen LogP contribution in [-0.2, 0) is 9.47 Å². The topological polar surface area (TPSA) is 30.5 Å². The fourth-order valence-electron chi connectivity index (χ4n) is 2.25. The van der Waals surface area contributed by atoms with Gasteiger partial charge in [0.2, 0.25) is 0 Å². The van der Waals surface area contributed by atoms with Gasteiger partial charge in [0.05, 0.1) is 13.2 Å². The summed E-state index contributed by atoms with van der Waals surface area (Å²) in [5.41, 5.74) is 0. The fraction of sp³-hybridized carbons (Fsp3) is 1.00. The van der Waals surface area contributed by atoms with E-state index in [1.54, 1.807) is 0 Å². The third-order valence-corrected chi connectivity index (χ3v) is 3.18. The van der Waals surface area contributed by atoms with E-state index < -0.39 is 0 Å². The van der Waals surface area contributed by atoms with E-state index in [-0.39, 0.29) is 5.79 Å². The maximum Gasteiger partial charge on any atom is 0.166 e. The molecule has 16 heavy (non-hydrogen) atoms. The van der Waals surface area contributed by atoms with E-state index in [0.717, 1.165) is 26.2 Å². The zero-order chi connectivity index (χ0) is 11.9. The Bertz CT molecular complexity index is 173. The van der Waals surface area contributed by atoms with Gasteiger partial charge in [-0.05, 0) is 19.8 Å². The second-order valence-electron chi connectivity index (χ2n) is 4.81. The summed E-state index contributed by atoms with van der Waals surface area (Å²) in [4.78, 5) is 0. The number of ether oxygens (including phenoxy) is 2. The first-order chi connectivity index (χ1) is 7.70. The van der Waals surface area contributed by atoms with Crippen LogP contribution in [0.3, 0.4) is 0 Å². The summed E-state index contributed by atoms with van der Waals surface area (Å²) in [5.74, 6) is -0.337. The number of hydrogen-bond donors (Lipinski definition) is 1. The average molecular weight is 229 g/mol. The first-order valence-corrected chi connectivity index (χ1v) is 6.71. The highest BCUT2D eigenvalue weighted by atomic mass is 16.7. The van der Waals surface area contributed by atoms with Gasteiger partial charge in [-0.3, -0.25) is 0 Å². The number of hydrogen-bond acceptors (Lipinski definition) is 3. The molecule has 0 atom stereocenters. The molecule has 0 aromatic heterocycles. The van der Waals surface area contributed by atoms with Gasteiger partial charge in [0.15, 0.2) is 5.79 Å². The summed E-state index contributed by atoms with van der Waals surface area (Å²) in [6.45, 7) is 8.99. The van der Waals surface area contributed by atoms with Crippen molar-refractivity contribution in [3.05, 3.63) is 0 Å². The lowest BCUT2D eigenvalue weighted by Gasteiger charge is -2.24. The van der Waals surface area contributed by atoms with Crippen molar-refractivity contribution in [2.75, 3.05) is 19.8 Å². The Labute approximate surface area is 99.9 Å². The van der Waals surface area contributed by atoms with Crippen molar-refractivity contribution >= 4 is 0 Å². The third-order valence-electron chi connectivity index (χ3n) is 3.18. The van der Waals surface area contributed by atoms with Crippen LogP contribution in [0.1, 0.15) is 52.9 Å². The van der Waals surface area contributed by atoms with Crippen LogP contribution in [0.5, 0.6) is 0 Å². The Morgan fingerprint density at radius 2 is 1.69 bits per heavy atom. The highest BCUT2D eigenvalue weighted by molar-refractivity contribution is 4.72. The minimum Gasteiger partial charge on any atom is -0.348 e. The summed E-state index contributed by atoms with van der Waals surface area (Å²) in [7, 11) is 0. The quantitative estimate of drug-likeness (QED) is 0.694. The van der Waals surface area contributed by atoms with Crippen LogP contribution in [0.4, 0.5) is 0 Å². The molecule has 1 heterocycles. The molecule has 0 aromatic rings. The van der Waals surface area contributed by atoms with E-state index >= 15 is 0 Å².